The normalized spacial score (nSPS) is 15.9. The maximum atomic E-state index is 12.7. The van der Waals surface area contributed by atoms with Gasteiger partial charge in [-0.3, -0.25) is 14.6 Å². The van der Waals surface area contributed by atoms with E-state index in [1.165, 1.54) is 88.8 Å². The van der Waals surface area contributed by atoms with E-state index in [1.807, 2.05) is 60.7 Å². The lowest BCUT2D eigenvalue weighted by atomic mass is 10.1. The third-order valence-electron chi connectivity index (χ3n) is 11.7. The number of fused-ring (bicyclic) bond motifs is 3. The molecule has 3 aliphatic heterocycles. The van der Waals surface area contributed by atoms with Crippen molar-refractivity contribution in [3.05, 3.63) is 190 Å². The van der Waals surface area contributed by atoms with Gasteiger partial charge in [0.05, 0.1) is 40.8 Å². The molecule has 0 saturated carbocycles. The predicted molar refractivity (Wildman–Crippen MR) is 301 cm³/mol. The number of aliphatic hydroxyl groups excluding tert-OH is 1. The SMILES string of the molecule is CCN(CC)CC.CCN(CC)CC.COC(=CC1=C(O)c2ccccc2S1(=O)=O)C=C1C(=O)c2ccccc2S1(=O)=O.COC(C=Nc1ccccc1)=CNc1ccccc1.Cl.O=C1CS(=O)(=O)c2ccccc21. The van der Waals surface area contributed by atoms with E-state index in [1.54, 1.807) is 49.9 Å². The number of halogens is 1. The monoisotopic (exact) mass is 1100 g/mol. The van der Waals surface area contributed by atoms with E-state index in [2.05, 4.69) is 61.7 Å². The second kappa shape index (κ2) is 30.0. The lowest BCUT2D eigenvalue weighted by molar-refractivity contribution is 0.102. The number of carbonyl (C=O) groups is 2. The molecule has 0 atom stereocenters. The molecule has 0 unspecified atom stereocenters. The van der Waals surface area contributed by atoms with Crippen LogP contribution in [0.4, 0.5) is 11.4 Å². The number of rotatable bonds is 14. The zero-order chi connectivity index (χ0) is 54.5. The van der Waals surface area contributed by atoms with Crippen LogP contribution in [0.25, 0.3) is 5.76 Å². The predicted octanol–water partition coefficient (Wildman–Crippen LogP) is 10.5. The lowest BCUT2D eigenvalue weighted by Gasteiger charge is -2.13. The number of ketones is 2. The summed E-state index contributed by atoms with van der Waals surface area (Å²) in [4.78, 5) is 31.8. The minimum Gasteiger partial charge on any atom is -0.506 e. The number of carbonyl (C=O) groups excluding carboxylic acids is 2. The fourth-order valence-electron chi connectivity index (χ4n) is 7.37. The van der Waals surface area contributed by atoms with Gasteiger partial charge in [0.2, 0.25) is 25.5 Å². The number of nitrogens with one attached hydrogen (secondary N) is 1. The first-order chi connectivity index (χ1) is 35.4. The molecule has 15 nitrogen and oxygen atoms in total. The molecule has 2 N–H and O–H groups in total. The van der Waals surface area contributed by atoms with Crippen molar-refractivity contribution in [1.29, 1.82) is 0 Å². The molecule has 0 fully saturated rings. The van der Waals surface area contributed by atoms with Crippen molar-refractivity contribution >= 4 is 76.8 Å². The van der Waals surface area contributed by atoms with E-state index in [4.69, 9.17) is 9.47 Å². The number of hydrogen-bond acceptors (Lipinski definition) is 15. The fourth-order valence-corrected chi connectivity index (χ4v) is 12.0. The Hall–Kier alpha value is -6.67. The highest BCUT2D eigenvalue weighted by atomic mass is 35.5. The summed E-state index contributed by atoms with van der Waals surface area (Å²) in [5.74, 6) is -1.40. The van der Waals surface area contributed by atoms with Crippen molar-refractivity contribution in [3.63, 3.8) is 0 Å². The third-order valence-corrected chi connectivity index (χ3v) is 17.0. The molecule has 402 valence electrons. The topological polar surface area (TPSA) is 206 Å². The van der Waals surface area contributed by atoms with Crippen LogP contribution in [0.3, 0.4) is 0 Å². The number of hydrogen-bond donors (Lipinski definition) is 2. The summed E-state index contributed by atoms with van der Waals surface area (Å²) in [6.07, 6.45) is 5.44. The molecule has 75 heavy (non-hydrogen) atoms. The second-order valence-corrected chi connectivity index (χ2v) is 21.8. The van der Waals surface area contributed by atoms with Crippen LogP contribution in [-0.2, 0) is 39.0 Å². The molecule has 0 bridgehead atoms. The van der Waals surface area contributed by atoms with Gasteiger partial charge in [-0.1, -0.05) is 120 Å². The van der Waals surface area contributed by atoms with E-state index >= 15 is 0 Å². The molecule has 19 heteroatoms. The van der Waals surface area contributed by atoms with Gasteiger partial charge in [0.25, 0.3) is 0 Å². The van der Waals surface area contributed by atoms with Crippen molar-refractivity contribution < 1.29 is 49.4 Å². The number of Topliss-reactive ketones (excluding diaryl/α,β-unsaturated/α-hetero) is 2. The summed E-state index contributed by atoms with van der Waals surface area (Å²) in [5, 5.41) is 13.5. The summed E-state index contributed by atoms with van der Waals surface area (Å²) in [7, 11) is -8.57. The van der Waals surface area contributed by atoms with Crippen molar-refractivity contribution in [2.24, 2.45) is 4.99 Å². The maximum absolute atomic E-state index is 12.7. The Labute approximate surface area is 449 Å². The van der Waals surface area contributed by atoms with E-state index < -0.39 is 50.9 Å². The van der Waals surface area contributed by atoms with E-state index in [-0.39, 0.29) is 55.5 Å². The van der Waals surface area contributed by atoms with Crippen molar-refractivity contribution in [2.45, 2.75) is 56.2 Å². The van der Waals surface area contributed by atoms with Crippen LogP contribution >= 0.6 is 12.4 Å². The molecule has 3 heterocycles. The molecule has 8 rings (SSSR count). The van der Waals surface area contributed by atoms with Gasteiger partial charge in [0.15, 0.2) is 21.4 Å². The molecule has 0 aromatic heterocycles. The number of sulfone groups is 3. The summed E-state index contributed by atoms with van der Waals surface area (Å²) in [5.41, 5.74) is 2.41. The van der Waals surface area contributed by atoms with Gasteiger partial charge < -0.3 is 29.7 Å². The minimum absolute atomic E-state index is 0. The van der Waals surface area contributed by atoms with Gasteiger partial charge in [-0.05, 0) is 93.9 Å². The molecule has 5 aromatic rings. The number of para-hydroxylation sites is 2. The highest BCUT2D eigenvalue weighted by molar-refractivity contribution is 7.97. The van der Waals surface area contributed by atoms with Crippen LogP contribution in [0.15, 0.2) is 193 Å². The molecule has 0 amide bonds. The van der Waals surface area contributed by atoms with Gasteiger partial charge in [-0.25, -0.2) is 25.3 Å². The van der Waals surface area contributed by atoms with Crippen molar-refractivity contribution in [3.8, 4) is 0 Å². The van der Waals surface area contributed by atoms with E-state index in [0.29, 0.717) is 11.3 Å². The zero-order valence-electron chi connectivity index (χ0n) is 43.5. The van der Waals surface area contributed by atoms with Gasteiger partial charge in [0, 0.05) is 40.7 Å². The van der Waals surface area contributed by atoms with Crippen LogP contribution < -0.4 is 5.32 Å². The molecule has 3 aliphatic rings. The first-order valence-corrected chi connectivity index (χ1v) is 28.6. The first kappa shape index (κ1) is 62.6. The van der Waals surface area contributed by atoms with Crippen LogP contribution in [0.5, 0.6) is 0 Å². The van der Waals surface area contributed by atoms with Gasteiger partial charge in [-0.2, -0.15) is 0 Å². The molecule has 0 radical (unpaired) electrons. The fraction of sp³-hybridized carbons (Fsp3) is 0.268. The average Bonchev–Trinajstić information content (AvgIpc) is 3.86. The average molecular weight is 1100 g/mol. The Morgan fingerprint density at radius 1 is 0.587 bits per heavy atom. The Kier molecular flexibility index (Phi) is 25.1. The summed E-state index contributed by atoms with van der Waals surface area (Å²) in [6, 6.07) is 37.6. The maximum Gasteiger partial charge on any atom is 0.211 e. The summed E-state index contributed by atoms with van der Waals surface area (Å²) < 4.78 is 83.7. The highest BCUT2D eigenvalue weighted by Crippen LogP contribution is 2.40. The number of allylic oxidation sites excluding steroid dienone is 4. The van der Waals surface area contributed by atoms with Crippen molar-refractivity contribution in [1.82, 2.24) is 9.80 Å². The van der Waals surface area contributed by atoms with Crippen LogP contribution in [-0.4, -0.2) is 117 Å². The van der Waals surface area contributed by atoms with E-state index in [0.717, 1.165) is 23.5 Å². The Morgan fingerprint density at radius 2 is 1.03 bits per heavy atom. The van der Waals surface area contributed by atoms with Crippen molar-refractivity contribution in [2.75, 3.05) is 64.6 Å². The standard InChI is InChI=1S/C20H14O7S2.C16H16N2O.C8H6O3S.2C6H15N.ClH/c1-27-12(10-17-19(21)13-6-2-4-8-15(13)28(17,23)24)11-18-20(22)14-7-3-5-9-16(14)29(18,25)26;1-19-16(12-17-14-8-4-2-5-9-14)13-18-15-10-6-3-7-11-15;9-7-5-12(10,11)8-4-2-1-3-6(7)8;2*1-4-7(5-2)6-3;/h2-11,21H,1H3;2-13,17H,1H3;1-4H,5H2;2*4-6H2,1-3H3;1H. The number of aliphatic imine (C=N–C) groups is 1. The molecular weight excluding hydrogens is 1040 g/mol. The largest absolute Gasteiger partial charge is 0.506 e. The molecule has 5 aromatic carbocycles. The lowest BCUT2D eigenvalue weighted by Crippen LogP contribution is -2.21. The van der Waals surface area contributed by atoms with E-state index in [9.17, 15) is 39.9 Å². The number of benzene rings is 5. The first-order valence-electron chi connectivity index (χ1n) is 24.0. The zero-order valence-corrected chi connectivity index (χ0v) is 46.7. The Balaban J connectivity index is 0.000000276. The number of anilines is 1. The summed E-state index contributed by atoms with van der Waals surface area (Å²) >= 11 is 0. The van der Waals surface area contributed by atoms with Crippen LogP contribution in [0.2, 0.25) is 0 Å². The van der Waals surface area contributed by atoms with Crippen LogP contribution in [0.1, 0.15) is 67.8 Å². The Morgan fingerprint density at radius 3 is 1.48 bits per heavy atom. The second-order valence-electron chi connectivity index (χ2n) is 16.1. The Bertz CT molecular complexity index is 3180. The smallest absolute Gasteiger partial charge is 0.211 e. The quantitative estimate of drug-likeness (QED) is 0.0603. The number of ether oxygens (including phenoxy) is 2. The minimum atomic E-state index is -4.07. The van der Waals surface area contributed by atoms with Crippen LogP contribution in [0, 0.1) is 0 Å². The molecule has 0 saturated heterocycles. The molecule has 0 aliphatic carbocycles. The van der Waals surface area contributed by atoms with Gasteiger partial charge >= 0.3 is 0 Å². The van der Waals surface area contributed by atoms with Gasteiger partial charge in [-0.15, -0.1) is 12.4 Å². The number of aliphatic hydroxyl groups is 1. The number of nitrogens with zero attached hydrogens (tertiary/aromatic N) is 3. The number of methoxy groups -OCH3 is 2. The highest BCUT2D eigenvalue weighted by Gasteiger charge is 2.40. The third kappa shape index (κ3) is 16.7. The summed E-state index contributed by atoms with van der Waals surface area (Å²) in [6.45, 7) is 20.2. The molecular formula is C56H67ClN4O11S3. The molecule has 0 spiro atoms. The van der Waals surface area contributed by atoms with Gasteiger partial charge in [0.1, 0.15) is 27.1 Å².